The molecule has 0 fully saturated rings. The summed E-state index contributed by atoms with van der Waals surface area (Å²) < 4.78 is 0. The maximum Gasteiger partial charge on any atom is 0.116 e. The Kier molecular flexibility index (Phi) is 3.28. The number of thiophene rings is 1. The van der Waals surface area contributed by atoms with E-state index in [1.807, 2.05) is 11.3 Å². The van der Waals surface area contributed by atoms with E-state index in [1.165, 1.54) is 43.9 Å². The molecule has 27 heavy (non-hydrogen) atoms. The van der Waals surface area contributed by atoms with Crippen molar-refractivity contribution in [1.82, 2.24) is 9.88 Å². The van der Waals surface area contributed by atoms with Crippen LogP contribution in [-0.4, -0.2) is 16.4 Å². The van der Waals surface area contributed by atoms with Crippen molar-refractivity contribution in [3.05, 3.63) is 87.2 Å². The lowest BCUT2D eigenvalue weighted by atomic mass is 9.88. The van der Waals surface area contributed by atoms with Crippen LogP contribution in [0.5, 0.6) is 0 Å². The van der Waals surface area contributed by atoms with Crippen molar-refractivity contribution >= 4 is 27.9 Å². The van der Waals surface area contributed by atoms with Crippen molar-refractivity contribution < 1.29 is 0 Å². The van der Waals surface area contributed by atoms with E-state index in [4.69, 9.17) is 0 Å². The third kappa shape index (κ3) is 2.17. The average Bonchev–Trinajstić information content (AvgIpc) is 3.30. The van der Waals surface area contributed by atoms with Gasteiger partial charge in [-0.3, -0.25) is 4.90 Å². The van der Waals surface area contributed by atoms with Crippen molar-refractivity contribution in [3.8, 4) is 0 Å². The molecule has 0 saturated carbocycles. The molecule has 3 nitrogen and oxygen atoms in total. The highest BCUT2D eigenvalue weighted by Gasteiger charge is 2.41. The van der Waals surface area contributed by atoms with Crippen molar-refractivity contribution in [3.63, 3.8) is 0 Å². The van der Waals surface area contributed by atoms with Crippen LogP contribution in [0, 0.1) is 6.92 Å². The van der Waals surface area contributed by atoms with Crippen LogP contribution in [0.1, 0.15) is 39.5 Å². The number of anilines is 1. The summed E-state index contributed by atoms with van der Waals surface area (Å²) in [5.41, 5.74) is 8.11. The smallest absolute Gasteiger partial charge is 0.116 e. The lowest BCUT2D eigenvalue weighted by Gasteiger charge is -2.46. The fourth-order valence-electron chi connectivity index (χ4n) is 4.85. The average molecular weight is 372 g/mol. The van der Waals surface area contributed by atoms with Gasteiger partial charge in [-0.25, -0.2) is 0 Å². The third-order valence-electron chi connectivity index (χ3n) is 6.10. The van der Waals surface area contributed by atoms with E-state index in [1.54, 1.807) is 0 Å². The zero-order valence-electron chi connectivity index (χ0n) is 15.2. The highest BCUT2D eigenvalue weighted by molar-refractivity contribution is 7.10. The SMILES string of the molecule is Cc1ccsc1[C@@H]1Nc2ccccc2[C@@H]2c3[nH]c4ccccc4c3CCN21. The molecule has 2 aliphatic heterocycles. The molecule has 4 heterocycles. The number of H-pyrrole nitrogens is 1. The van der Waals surface area contributed by atoms with Crippen molar-refractivity contribution in [2.75, 3.05) is 11.9 Å². The van der Waals surface area contributed by atoms with Gasteiger partial charge in [-0.2, -0.15) is 0 Å². The number of fused-ring (bicyclic) bond motifs is 7. The van der Waals surface area contributed by atoms with Crippen molar-refractivity contribution in [1.29, 1.82) is 0 Å². The van der Waals surface area contributed by atoms with Gasteiger partial charge in [0.25, 0.3) is 0 Å². The lowest BCUT2D eigenvalue weighted by Crippen LogP contribution is -2.45. The molecule has 0 spiro atoms. The molecule has 0 amide bonds. The quantitative estimate of drug-likeness (QED) is 0.456. The number of aromatic amines is 1. The minimum absolute atomic E-state index is 0.226. The van der Waals surface area contributed by atoms with Gasteiger partial charge in [0.15, 0.2) is 0 Å². The predicted molar refractivity (Wildman–Crippen MR) is 112 cm³/mol. The number of nitrogens with one attached hydrogen (secondary N) is 2. The number of hydrogen-bond donors (Lipinski definition) is 2. The Bertz CT molecular complexity index is 1160. The van der Waals surface area contributed by atoms with Crippen molar-refractivity contribution in [2.45, 2.75) is 25.6 Å². The molecule has 2 N–H and O–H groups in total. The zero-order valence-corrected chi connectivity index (χ0v) is 16.0. The minimum atomic E-state index is 0.226. The summed E-state index contributed by atoms with van der Waals surface area (Å²) in [5.74, 6) is 0. The summed E-state index contributed by atoms with van der Waals surface area (Å²) in [6.45, 7) is 3.28. The zero-order chi connectivity index (χ0) is 18.0. The molecule has 134 valence electrons. The summed E-state index contributed by atoms with van der Waals surface area (Å²) in [7, 11) is 0. The highest BCUT2D eigenvalue weighted by atomic mass is 32.1. The number of rotatable bonds is 1. The topological polar surface area (TPSA) is 31.1 Å². The molecule has 2 atom stereocenters. The number of hydrogen-bond acceptors (Lipinski definition) is 3. The van der Waals surface area contributed by atoms with Gasteiger partial charge in [0, 0.05) is 33.7 Å². The fourth-order valence-corrected chi connectivity index (χ4v) is 5.85. The van der Waals surface area contributed by atoms with Gasteiger partial charge >= 0.3 is 0 Å². The van der Waals surface area contributed by atoms with Crippen molar-refractivity contribution in [2.24, 2.45) is 0 Å². The fraction of sp³-hybridized carbons (Fsp3) is 0.217. The number of aryl methyl sites for hydroxylation is 1. The summed E-state index contributed by atoms with van der Waals surface area (Å²) in [6, 6.07) is 20.0. The van der Waals surface area contributed by atoms with Crippen LogP contribution in [-0.2, 0) is 6.42 Å². The Morgan fingerprint density at radius 1 is 1.04 bits per heavy atom. The van der Waals surface area contributed by atoms with Gasteiger partial charge in [0.1, 0.15) is 6.17 Å². The van der Waals surface area contributed by atoms with Gasteiger partial charge in [-0.05, 0) is 53.6 Å². The van der Waals surface area contributed by atoms with E-state index in [2.05, 4.69) is 82.1 Å². The van der Waals surface area contributed by atoms with Gasteiger partial charge in [-0.1, -0.05) is 36.4 Å². The van der Waals surface area contributed by atoms with Crippen LogP contribution in [0.15, 0.2) is 60.0 Å². The van der Waals surface area contributed by atoms with Crippen LogP contribution >= 0.6 is 11.3 Å². The Balaban J connectivity index is 1.59. The first kappa shape index (κ1) is 15.5. The van der Waals surface area contributed by atoms with Gasteiger partial charge in [0.05, 0.1) is 6.04 Å². The molecule has 0 radical (unpaired) electrons. The Labute approximate surface area is 162 Å². The van der Waals surface area contributed by atoms with E-state index in [9.17, 15) is 0 Å². The molecule has 0 bridgehead atoms. The van der Waals surface area contributed by atoms with E-state index in [0.29, 0.717) is 0 Å². The maximum absolute atomic E-state index is 3.83. The Hall–Kier alpha value is -2.56. The number of para-hydroxylation sites is 2. The Morgan fingerprint density at radius 2 is 1.89 bits per heavy atom. The molecular weight excluding hydrogens is 350 g/mol. The first-order valence-electron chi connectivity index (χ1n) is 9.56. The van der Waals surface area contributed by atoms with Crippen LogP contribution in [0.2, 0.25) is 0 Å². The van der Waals surface area contributed by atoms with Gasteiger partial charge in [-0.15, -0.1) is 11.3 Å². The molecular formula is C23H21N3S. The summed E-state index contributed by atoms with van der Waals surface area (Å²) in [5, 5.41) is 7.42. The number of benzene rings is 2. The van der Waals surface area contributed by atoms with Gasteiger partial charge in [0.2, 0.25) is 0 Å². The lowest BCUT2D eigenvalue weighted by molar-refractivity contribution is 0.153. The molecule has 4 aromatic rings. The summed E-state index contributed by atoms with van der Waals surface area (Å²) in [4.78, 5) is 7.83. The first-order chi connectivity index (χ1) is 13.3. The first-order valence-corrected chi connectivity index (χ1v) is 10.4. The van der Waals surface area contributed by atoms with Crippen LogP contribution < -0.4 is 5.32 Å². The monoisotopic (exact) mass is 371 g/mol. The van der Waals surface area contributed by atoms with Crippen LogP contribution in [0.4, 0.5) is 5.69 Å². The molecule has 6 rings (SSSR count). The molecule has 0 saturated heterocycles. The highest BCUT2D eigenvalue weighted by Crippen LogP contribution is 2.48. The largest absolute Gasteiger partial charge is 0.365 e. The van der Waals surface area contributed by atoms with Crippen LogP contribution in [0.3, 0.4) is 0 Å². The Morgan fingerprint density at radius 3 is 2.78 bits per heavy atom. The molecule has 2 aromatic heterocycles. The van der Waals surface area contributed by atoms with Crippen LogP contribution in [0.25, 0.3) is 10.9 Å². The second-order valence-electron chi connectivity index (χ2n) is 7.56. The molecule has 2 aliphatic rings. The van der Waals surface area contributed by atoms with Gasteiger partial charge < -0.3 is 10.3 Å². The second-order valence-corrected chi connectivity index (χ2v) is 8.50. The summed E-state index contributed by atoms with van der Waals surface area (Å²) in [6.07, 6.45) is 1.31. The molecule has 0 aliphatic carbocycles. The van der Waals surface area contributed by atoms with E-state index < -0.39 is 0 Å². The molecule has 2 aromatic carbocycles. The van der Waals surface area contributed by atoms with E-state index in [0.717, 1.165) is 13.0 Å². The third-order valence-corrected chi connectivity index (χ3v) is 7.17. The standard InChI is InChI=1S/C23H21N3S/c1-14-11-13-27-22(14)23-25-19-9-5-3-7-17(19)21-20-16(10-12-26(21)23)15-6-2-4-8-18(15)24-20/h2-9,11,13,21,23-25H,10,12H2,1H3/t21-,23-/m1/s1. The minimum Gasteiger partial charge on any atom is -0.365 e. The number of aromatic nitrogens is 1. The number of nitrogens with zero attached hydrogens (tertiary/aromatic N) is 1. The molecule has 4 heteroatoms. The molecule has 0 unspecified atom stereocenters. The second kappa shape index (κ2) is 5.72. The predicted octanol–water partition coefficient (Wildman–Crippen LogP) is 5.61. The van der Waals surface area contributed by atoms with E-state index in [-0.39, 0.29) is 12.2 Å². The maximum atomic E-state index is 3.83. The normalized spacial score (nSPS) is 21.4. The van der Waals surface area contributed by atoms with E-state index >= 15 is 0 Å². The summed E-state index contributed by atoms with van der Waals surface area (Å²) >= 11 is 1.86.